The summed E-state index contributed by atoms with van der Waals surface area (Å²) in [6.07, 6.45) is 5.89. The van der Waals surface area contributed by atoms with E-state index in [2.05, 4.69) is 12.1 Å². The lowest BCUT2D eigenvalue weighted by Crippen LogP contribution is -2.48. The number of hydrogen-bond donors (Lipinski definition) is 0. The van der Waals surface area contributed by atoms with E-state index >= 15 is 0 Å². The molecule has 2 fully saturated rings. The molecule has 1 aliphatic carbocycles. The highest BCUT2D eigenvalue weighted by Gasteiger charge is 2.38. The Kier molecular flexibility index (Phi) is 4.16. The zero-order chi connectivity index (χ0) is 13.0. The smallest absolute Gasteiger partial charge is 0.168 e. The molecule has 1 saturated heterocycles. The summed E-state index contributed by atoms with van der Waals surface area (Å²) in [5.74, 6) is -0.287. The van der Waals surface area contributed by atoms with Crippen molar-refractivity contribution in [3.63, 3.8) is 0 Å². The second-order valence-electron chi connectivity index (χ2n) is 5.51. The van der Waals surface area contributed by atoms with Crippen molar-refractivity contribution in [3.05, 3.63) is 35.9 Å². The zero-order valence-electron chi connectivity index (χ0n) is 11.3. The Morgan fingerprint density at radius 2 is 1.68 bits per heavy atom. The average molecular weight is 262 g/mol. The normalized spacial score (nSPS) is 23.6. The van der Waals surface area contributed by atoms with Crippen molar-refractivity contribution < 1.29 is 14.2 Å². The molecule has 1 saturated carbocycles. The minimum atomic E-state index is -0.287. The van der Waals surface area contributed by atoms with Gasteiger partial charge in [0.25, 0.3) is 0 Å². The van der Waals surface area contributed by atoms with E-state index in [1.54, 1.807) is 0 Å². The molecule has 2 aliphatic rings. The van der Waals surface area contributed by atoms with Crippen LogP contribution in [-0.2, 0) is 20.8 Å². The summed E-state index contributed by atoms with van der Waals surface area (Å²) in [5.41, 5.74) is 1.19. The van der Waals surface area contributed by atoms with Crippen LogP contribution in [0.1, 0.15) is 37.7 Å². The number of rotatable bonds is 3. The van der Waals surface area contributed by atoms with Crippen molar-refractivity contribution in [1.29, 1.82) is 0 Å². The molecule has 0 bridgehead atoms. The molecule has 3 rings (SSSR count). The summed E-state index contributed by atoms with van der Waals surface area (Å²) in [4.78, 5) is 0. The Morgan fingerprint density at radius 1 is 1.00 bits per heavy atom. The van der Waals surface area contributed by atoms with Gasteiger partial charge in [0.15, 0.2) is 5.79 Å². The van der Waals surface area contributed by atoms with E-state index in [4.69, 9.17) is 14.2 Å². The van der Waals surface area contributed by atoms with Gasteiger partial charge in [0.05, 0.1) is 19.8 Å². The third kappa shape index (κ3) is 3.35. The van der Waals surface area contributed by atoms with Gasteiger partial charge in [0, 0.05) is 12.8 Å². The fourth-order valence-electron chi connectivity index (χ4n) is 2.84. The summed E-state index contributed by atoms with van der Waals surface area (Å²) < 4.78 is 17.8. The van der Waals surface area contributed by atoms with E-state index in [1.807, 2.05) is 18.2 Å². The molecule has 0 radical (unpaired) electrons. The van der Waals surface area contributed by atoms with Crippen LogP contribution in [0.4, 0.5) is 0 Å². The Hall–Kier alpha value is -0.900. The molecule has 0 atom stereocenters. The predicted molar refractivity (Wildman–Crippen MR) is 72.7 cm³/mol. The Bertz CT molecular complexity index is 374. The Morgan fingerprint density at radius 3 is 2.37 bits per heavy atom. The summed E-state index contributed by atoms with van der Waals surface area (Å²) in [5, 5.41) is 0. The van der Waals surface area contributed by atoms with Crippen LogP contribution < -0.4 is 0 Å². The van der Waals surface area contributed by atoms with Crippen LogP contribution >= 0.6 is 0 Å². The van der Waals surface area contributed by atoms with Crippen LogP contribution in [0, 0.1) is 0 Å². The Balaban J connectivity index is 1.45. The van der Waals surface area contributed by atoms with Crippen molar-refractivity contribution in [1.82, 2.24) is 0 Å². The predicted octanol–water partition coefficient (Wildman–Crippen LogP) is 3.28. The van der Waals surface area contributed by atoms with Crippen LogP contribution in [0.3, 0.4) is 0 Å². The second-order valence-corrected chi connectivity index (χ2v) is 5.51. The molecule has 3 nitrogen and oxygen atoms in total. The van der Waals surface area contributed by atoms with Crippen LogP contribution in [0.25, 0.3) is 0 Å². The summed E-state index contributed by atoms with van der Waals surface area (Å²) >= 11 is 0. The second kappa shape index (κ2) is 6.04. The molecular weight excluding hydrogens is 240 g/mol. The Labute approximate surface area is 114 Å². The van der Waals surface area contributed by atoms with Crippen molar-refractivity contribution in [2.75, 3.05) is 13.2 Å². The van der Waals surface area contributed by atoms with Gasteiger partial charge in [-0.2, -0.15) is 0 Å². The third-order valence-corrected chi connectivity index (χ3v) is 4.01. The third-order valence-electron chi connectivity index (χ3n) is 4.01. The minimum Gasteiger partial charge on any atom is -0.369 e. The molecule has 1 aromatic carbocycles. The molecule has 0 unspecified atom stereocenters. The summed E-state index contributed by atoms with van der Waals surface area (Å²) in [7, 11) is 0. The molecule has 3 heteroatoms. The quantitative estimate of drug-likeness (QED) is 0.836. The van der Waals surface area contributed by atoms with Gasteiger partial charge in [0.1, 0.15) is 6.10 Å². The average Bonchev–Trinajstić information content (AvgIpc) is 2.49. The van der Waals surface area contributed by atoms with Gasteiger partial charge in [0.2, 0.25) is 0 Å². The van der Waals surface area contributed by atoms with Crippen LogP contribution in [0.15, 0.2) is 30.3 Å². The van der Waals surface area contributed by atoms with Gasteiger partial charge in [-0.25, -0.2) is 0 Å². The molecule has 0 N–H and O–H groups in total. The SMILES string of the molecule is c1ccc(COC2COC3(CCCCC3)OC2)cc1. The molecule has 19 heavy (non-hydrogen) atoms. The minimum absolute atomic E-state index is 0.0627. The van der Waals surface area contributed by atoms with E-state index in [0.717, 1.165) is 12.8 Å². The topological polar surface area (TPSA) is 27.7 Å². The molecule has 1 spiro atoms. The molecule has 0 aromatic heterocycles. The number of ether oxygens (including phenoxy) is 3. The first-order chi connectivity index (χ1) is 9.36. The molecular formula is C16H22O3. The maximum absolute atomic E-state index is 5.96. The first-order valence-electron chi connectivity index (χ1n) is 7.30. The monoisotopic (exact) mass is 262 g/mol. The molecule has 104 valence electrons. The van der Waals surface area contributed by atoms with Gasteiger partial charge in [-0.1, -0.05) is 36.8 Å². The first-order valence-corrected chi connectivity index (χ1v) is 7.30. The summed E-state index contributed by atoms with van der Waals surface area (Å²) in [6.45, 7) is 1.95. The van der Waals surface area contributed by atoms with E-state index in [9.17, 15) is 0 Å². The van der Waals surface area contributed by atoms with Crippen LogP contribution in [0.5, 0.6) is 0 Å². The van der Waals surface area contributed by atoms with E-state index in [0.29, 0.717) is 19.8 Å². The number of benzene rings is 1. The highest BCUT2D eigenvalue weighted by molar-refractivity contribution is 5.13. The summed E-state index contributed by atoms with van der Waals surface area (Å²) in [6, 6.07) is 10.2. The standard InChI is InChI=1S/C16H22O3/c1-3-7-14(8-4-1)11-17-15-12-18-16(19-13-15)9-5-2-6-10-16/h1,3-4,7-8,15H,2,5-6,9-13H2. The molecule has 1 heterocycles. The van der Waals surface area contributed by atoms with Crippen molar-refractivity contribution in [2.45, 2.75) is 50.6 Å². The highest BCUT2D eigenvalue weighted by Crippen LogP contribution is 2.35. The molecule has 0 amide bonds. The van der Waals surface area contributed by atoms with Crippen LogP contribution in [-0.4, -0.2) is 25.1 Å². The maximum atomic E-state index is 5.96. The van der Waals surface area contributed by atoms with Crippen LogP contribution in [0.2, 0.25) is 0 Å². The lowest BCUT2D eigenvalue weighted by Gasteiger charge is -2.42. The first kappa shape index (κ1) is 13.1. The number of hydrogen-bond acceptors (Lipinski definition) is 3. The van der Waals surface area contributed by atoms with Crippen molar-refractivity contribution in [2.24, 2.45) is 0 Å². The fourth-order valence-corrected chi connectivity index (χ4v) is 2.84. The van der Waals surface area contributed by atoms with Crippen molar-refractivity contribution >= 4 is 0 Å². The molecule has 1 aliphatic heterocycles. The van der Waals surface area contributed by atoms with E-state index in [1.165, 1.54) is 24.8 Å². The van der Waals surface area contributed by atoms with Gasteiger partial charge >= 0.3 is 0 Å². The van der Waals surface area contributed by atoms with Crippen molar-refractivity contribution in [3.8, 4) is 0 Å². The fraction of sp³-hybridized carbons (Fsp3) is 0.625. The van der Waals surface area contributed by atoms with Gasteiger partial charge in [-0.3, -0.25) is 0 Å². The lowest BCUT2D eigenvalue weighted by molar-refractivity contribution is -0.309. The lowest BCUT2D eigenvalue weighted by atomic mass is 9.93. The van der Waals surface area contributed by atoms with E-state index < -0.39 is 0 Å². The van der Waals surface area contributed by atoms with Gasteiger partial charge in [-0.15, -0.1) is 0 Å². The largest absolute Gasteiger partial charge is 0.369 e. The highest BCUT2D eigenvalue weighted by atomic mass is 16.7. The van der Waals surface area contributed by atoms with Gasteiger partial charge in [-0.05, 0) is 18.4 Å². The maximum Gasteiger partial charge on any atom is 0.168 e. The van der Waals surface area contributed by atoms with Gasteiger partial charge < -0.3 is 14.2 Å². The molecule has 1 aromatic rings. The zero-order valence-corrected chi connectivity index (χ0v) is 11.3. The van der Waals surface area contributed by atoms with E-state index in [-0.39, 0.29) is 11.9 Å².